The number of fused-ring (bicyclic) bond motifs is 1. The smallest absolute Gasteiger partial charge is 0.121 e. The highest BCUT2D eigenvalue weighted by molar-refractivity contribution is 9.10. The zero-order valence-electron chi connectivity index (χ0n) is 12.0. The Bertz CT molecular complexity index is 701. The molecule has 2 unspecified atom stereocenters. The topological polar surface area (TPSA) is 32.3 Å². The molecule has 2 aromatic rings. The lowest BCUT2D eigenvalue weighted by molar-refractivity contribution is 0.465. The van der Waals surface area contributed by atoms with Crippen molar-refractivity contribution in [2.75, 3.05) is 5.32 Å². The normalized spacial score (nSPS) is 20.4. The number of aromatic hydroxyl groups is 1. The van der Waals surface area contributed by atoms with E-state index >= 15 is 0 Å². The van der Waals surface area contributed by atoms with Gasteiger partial charge in [0.05, 0.1) is 6.04 Å². The molecule has 2 nitrogen and oxygen atoms in total. The number of nitrogens with one attached hydrogen (secondary N) is 1. The van der Waals surface area contributed by atoms with Gasteiger partial charge in [0.25, 0.3) is 0 Å². The lowest BCUT2D eigenvalue weighted by Gasteiger charge is -2.18. The van der Waals surface area contributed by atoms with Crippen molar-refractivity contribution < 1.29 is 5.11 Å². The summed E-state index contributed by atoms with van der Waals surface area (Å²) < 4.78 is 0.934. The van der Waals surface area contributed by atoms with E-state index in [1.54, 1.807) is 6.07 Å². The van der Waals surface area contributed by atoms with Gasteiger partial charge in [0.2, 0.25) is 0 Å². The zero-order valence-corrected chi connectivity index (χ0v) is 14.3. The van der Waals surface area contributed by atoms with Crippen LogP contribution in [0.1, 0.15) is 42.0 Å². The Labute approximate surface area is 138 Å². The van der Waals surface area contributed by atoms with E-state index in [4.69, 9.17) is 11.6 Å². The maximum absolute atomic E-state index is 10.3. The van der Waals surface area contributed by atoms with Gasteiger partial charge in [-0.25, -0.2) is 0 Å². The number of benzene rings is 2. The summed E-state index contributed by atoms with van der Waals surface area (Å²) in [6.45, 7) is 4.32. The van der Waals surface area contributed by atoms with E-state index in [9.17, 15) is 5.11 Å². The summed E-state index contributed by atoms with van der Waals surface area (Å²) in [4.78, 5) is 0. The molecule has 21 heavy (non-hydrogen) atoms. The SMILES string of the molecule is Cc1ccc(O)c2c1C(C)CC2Nc1ccc(Cl)cc1Br. The average Bonchev–Trinajstić information content (AvgIpc) is 2.75. The summed E-state index contributed by atoms with van der Waals surface area (Å²) in [5.41, 5.74) is 4.54. The summed E-state index contributed by atoms with van der Waals surface area (Å²) in [6, 6.07) is 9.60. The Hall–Kier alpha value is -1.19. The van der Waals surface area contributed by atoms with Crippen LogP contribution in [0.15, 0.2) is 34.8 Å². The molecule has 0 fully saturated rings. The third-order valence-corrected chi connectivity index (χ3v) is 5.06. The maximum Gasteiger partial charge on any atom is 0.121 e. The van der Waals surface area contributed by atoms with Crippen molar-refractivity contribution in [1.82, 2.24) is 0 Å². The summed E-state index contributed by atoms with van der Waals surface area (Å²) in [7, 11) is 0. The van der Waals surface area contributed by atoms with Crippen molar-refractivity contribution in [2.45, 2.75) is 32.2 Å². The molecule has 0 heterocycles. The second-order valence-electron chi connectivity index (χ2n) is 5.69. The molecule has 0 spiro atoms. The molecule has 3 rings (SSSR count). The fraction of sp³-hybridized carbons (Fsp3) is 0.294. The first kappa shape index (κ1) is 14.7. The van der Waals surface area contributed by atoms with Gasteiger partial charge in [-0.3, -0.25) is 0 Å². The first-order chi connectivity index (χ1) is 9.97. The molecule has 1 aliphatic carbocycles. The Morgan fingerprint density at radius 3 is 2.71 bits per heavy atom. The summed E-state index contributed by atoms with van der Waals surface area (Å²) in [5.74, 6) is 0.818. The van der Waals surface area contributed by atoms with E-state index in [-0.39, 0.29) is 6.04 Å². The Balaban J connectivity index is 1.98. The lowest BCUT2D eigenvalue weighted by atomic mass is 9.97. The van der Waals surface area contributed by atoms with Gasteiger partial charge in [-0.05, 0) is 70.6 Å². The van der Waals surface area contributed by atoms with E-state index in [1.807, 2.05) is 24.3 Å². The highest BCUT2D eigenvalue weighted by Crippen LogP contribution is 2.47. The van der Waals surface area contributed by atoms with Crippen LogP contribution in [0.4, 0.5) is 5.69 Å². The number of hydrogen-bond donors (Lipinski definition) is 2. The van der Waals surface area contributed by atoms with E-state index in [2.05, 4.69) is 35.1 Å². The lowest BCUT2D eigenvalue weighted by Crippen LogP contribution is -2.08. The highest BCUT2D eigenvalue weighted by atomic mass is 79.9. The number of aryl methyl sites for hydroxylation is 1. The molecule has 0 aromatic heterocycles. The van der Waals surface area contributed by atoms with Crippen LogP contribution in [0.2, 0.25) is 5.02 Å². The molecule has 110 valence electrons. The van der Waals surface area contributed by atoms with Crippen LogP contribution in [0.3, 0.4) is 0 Å². The number of anilines is 1. The van der Waals surface area contributed by atoms with Crippen molar-refractivity contribution in [1.29, 1.82) is 0 Å². The highest BCUT2D eigenvalue weighted by Gasteiger charge is 2.32. The van der Waals surface area contributed by atoms with Crippen molar-refractivity contribution in [3.8, 4) is 5.75 Å². The molecule has 0 amide bonds. The molecule has 2 aromatic carbocycles. The van der Waals surface area contributed by atoms with Crippen molar-refractivity contribution in [3.05, 3.63) is 56.5 Å². The maximum atomic E-state index is 10.3. The molecular weight excluding hydrogens is 350 g/mol. The summed E-state index contributed by atoms with van der Waals surface area (Å²) in [5, 5.41) is 14.5. The van der Waals surface area contributed by atoms with Crippen LogP contribution in [-0.2, 0) is 0 Å². The molecule has 0 radical (unpaired) electrons. The van der Waals surface area contributed by atoms with E-state index in [0.717, 1.165) is 22.1 Å². The number of phenolic OH excluding ortho intramolecular Hbond substituents is 1. The minimum atomic E-state index is 0.118. The Morgan fingerprint density at radius 1 is 1.24 bits per heavy atom. The van der Waals surface area contributed by atoms with Gasteiger partial charge >= 0.3 is 0 Å². The molecule has 0 bridgehead atoms. The van der Waals surface area contributed by atoms with Gasteiger partial charge in [-0.1, -0.05) is 24.6 Å². The second-order valence-corrected chi connectivity index (χ2v) is 6.98. The first-order valence-corrected chi connectivity index (χ1v) is 8.18. The average molecular weight is 367 g/mol. The standard InChI is InChI=1S/C17H17BrClNO/c1-9-3-6-15(21)17-14(7-10(2)16(9)17)20-13-5-4-11(19)8-12(13)18/h3-6,8,10,14,20-21H,7H2,1-2H3. The van der Waals surface area contributed by atoms with Crippen LogP contribution < -0.4 is 5.32 Å². The van der Waals surface area contributed by atoms with Crippen LogP contribution in [0.5, 0.6) is 5.75 Å². The van der Waals surface area contributed by atoms with Crippen LogP contribution in [-0.4, -0.2) is 5.11 Å². The number of phenols is 1. The van der Waals surface area contributed by atoms with Crippen molar-refractivity contribution in [3.63, 3.8) is 0 Å². The first-order valence-electron chi connectivity index (χ1n) is 7.01. The fourth-order valence-corrected chi connectivity index (χ4v) is 4.07. The summed E-state index contributed by atoms with van der Waals surface area (Å²) in [6.07, 6.45) is 0.975. The van der Waals surface area contributed by atoms with Gasteiger partial charge in [0, 0.05) is 20.7 Å². The van der Waals surface area contributed by atoms with Crippen molar-refractivity contribution >= 4 is 33.2 Å². The largest absolute Gasteiger partial charge is 0.508 e. The molecule has 1 aliphatic rings. The fourth-order valence-electron chi connectivity index (χ4n) is 3.27. The number of halogens is 2. The van der Waals surface area contributed by atoms with Gasteiger partial charge in [0.15, 0.2) is 0 Å². The minimum Gasteiger partial charge on any atom is -0.508 e. The predicted octanol–water partition coefficient (Wildman–Crippen LogP) is 5.78. The third-order valence-electron chi connectivity index (χ3n) is 4.17. The van der Waals surface area contributed by atoms with Gasteiger partial charge in [-0.15, -0.1) is 0 Å². The zero-order chi connectivity index (χ0) is 15.1. The molecule has 0 aliphatic heterocycles. The van der Waals surface area contributed by atoms with E-state index < -0.39 is 0 Å². The van der Waals surface area contributed by atoms with Gasteiger partial charge in [-0.2, -0.15) is 0 Å². The van der Waals surface area contributed by atoms with Crippen molar-refractivity contribution in [2.24, 2.45) is 0 Å². The molecule has 4 heteroatoms. The quantitative estimate of drug-likeness (QED) is 0.706. The Morgan fingerprint density at radius 2 is 2.00 bits per heavy atom. The van der Waals surface area contributed by atoms with Crippen LogP contribution in [0, 0.1) is 6.92 Å². The second kappa shape index (κ2) is 5.54. The Kier molecular flexibility index (Phi) is 3.89. The van der Waals surface area contributed by atoms with E-state index in [0.29, 0.717) is 16.7 Å². The third kappa shape index (κ3) is 2.65. The molecule has 2 atom stereocenters. The number of hydrogen-bond acceptors (Lipinski definition) is 2. The van der Waals surface area contributed by atoms with Gasteiger partial charge in [0.1, 0.15) is 5.75 Å². The monoisotopic (exact) mass is 365 g/mol. The minimum absolute atomic E-state index is 0.118. The molecule has 0 saturated heterocycles. The van der Waals surface area contributed by atoms with E-state index in [1.165, 1.54) is 11.1 Å². The molecular formula is C17H17BrClNO. The molecule has 0 saturated carbocycles. The van der Waals surface area contributed by atoms with Gasteiger partial charge < -0.3 is 10.4 Å². The number of rotatable bonds is 2. The summed E-state index contributed by atoms with van der Waals surface area (Å²) >= 11 is 9.52. The molecule has 2 N–H and O–H groups in total. The predicted molar refractivity (Wildman–Crippen MR) is 91.4 cm³/mol. The van der Waals surface area contributed by atoms with Crippen LogP contribution >= 0.6 is 27.5 Å². The van der Waals surface area contributed by atoms with Crippen LogP contribution in [0.25, 0.3) is 0 Å².